The van der Waals surface area contributed by atoms with Crippen molar-refractivity contribution >= 4 is 11.8 Å². The van der Waals surface area contributed by atoms with E-state index in [0.29, 0.717) is 12.0 Å². The van der Waals surface area contributed by atoms with E-state index in [1.54, 1.807) is 0 Å². The first-order chi connectivity index (χ1) is 6.20. The third kappa shape index (κ3) is 4.34. The minimum Gasteiger partial charge on any atom is -0.327 e. The molecule has 2 nitrogen and oxygen atoms in total. The summed E-state index contributed by atoms with van der Waals surface area (Å²) in [6, 6.07) is 0.384. The zero-order valence-corrected chi connectivity index (χ0v) is 9.65. The summed E-state index contributed by atoms with van der Waals surface area (Å²) < 4.78 is 0. The topological polar surface area (TPSA) is 29.3 Å². The highest BCUT2D eigenvalue weighted by molar-refractivity contribution is 7.99. The van der Waals surface area contributed by atoms with Crippen molar-refractivity contribution in [2.24, 2.45) is 11.7 Å². The molecule has 3 heteroatoms. The Morgan fingerprint density at radius 1 is 1.31 bits per heavy atom. The Kier molecular flexibility index (Phi) is 5.14. The summed E-state index contributed by atoms with van der Waals surface area (Å²) >= 11 is 2.07. The smallest absolute Gasteiger partial charge is 0.00740 e. The first-order valence-corrected chi connectivity index (χ1v) is 6.41. The lowest BCUT2D eigenvalue weighted by atomic mass is 10.0. The van der Waals surface area contributed by atoms with Crippen LogP contribution >= 0.6 is 11.8 Å². The number of nitrogens with zero attached hydrogens (tertiary/aromatic N) is 1. The lowest BCUT2D eigenvalue weighted by Gasteiger charge is -2.27. The van der Waals surface area contributed by atoms with Crippen LogP contribution in [-0.4, -0.2) is 42.1 Å². The van der Waals surface area contributed by atoms with Crippen LogP contribution in [0.3, 0.4) is 0 Å². The van der Waals surface area contributed by atoms with E-state index in [1.165, 1.54) is 31.1 Å². The summed E-state index contributed by atoms with van der Waals surface area (Å²) in [6.45, 7) is 8.12. The Balaban J connectivity index is 2.10. The second kappa shape index (κ2) is 5.89. The van der Waals surface area contributed by atoms with Crippen molar-refractivity contribution in [2.75, 3.05) is 31.1 Å². The molecule has 0 amide bonds. The summed E-state index contributed by atoms with van der Waals surface area (Å²) in [7, 11) is 0. The van der Waals surface area contributed by atoms with E-state index in [4.69, 9.17) is 5.73 Å². The zero-order chi connectivity index (χ0) is 9.68. The molecule has 0 aromatic rings. The van der Waals surface area contributed by atoms with Gasteiger partial charge in [0.15, 0.2) is 0 Å². The molecule has 0 spiro atoms. The van der Waals surface area contributed by atoms with Gasteiger partial charge in [-0.05, 0) is 18.9 Å². The number of hydrogen-bond donors (Lipinski definition) is 1. The van der Waals surface area contributed by atoms with Gasteiger partial charge in [-0.3, -0.25) is 0 Å². The average molecular weight is 202 g/mol. The molecular weight excluding hydrogens is 180 g/mol. The van der Waals surface area contributed by atoms with E-state index >= 15 is 0 Å². The Hall–Kier alpha value is 0.270. The molecule has 0 saturated carbocycles. The van der Waals surface area contributed by atoms with Crippen LogP contribution in [0.25, 0.3) is 0 Å². The Bertz CT molecular complexity index is 133. The largest absolute Gasteiger partial charge is 0.327 e. The fraction of sp³-hybridized carbons (Fsp3) is 1.00. The van der Waals surface area contributed by atoms with Crippen LogP contribution in [0.4, 0.5) is 0 Å². The SMILES string of the molecule is CC(C)[C@H](N)CCN1CCSCC1. The van der Waals surface area contributed by atoms with Gasteiger partial charge in [0.05, 0.1) is 0 Å². The molecular formula is C10H22N2S. The molecule has 0 unspecified atom stereocenters. The average Bonchev–Trinajstić information content (AvgIpc) is 2.15. The second-order valence-electron chi connectivity index (χ2n) is 4.15. The Morgan fingerprint density at radius 2 is 1.92 bits per heavy atom. The van der Waals surface area contributed by atoms with E-state index in [-0.39, 0.29) is 0 Å². The maximum atomic E-state index is 6.00. The number of thioether (sulfide) groups is 1. The molecule has 0 aromatic heterocycles. The number of nitrogens with two attached hydrogens (primary N) is 1. The Morgan fingerprint density at radius 3 is 2.46 bits per heavy atom. The van der Waals surface area contributed by atoms with Crippen molar-refractivity contribution in [3.8, 4) is 0 Å². The summed E-state index contributed by atoms with van der Waals surface area (Å²) in [6.07, 6.45) is 1.16. The highest BCUT2D eigenvalue weighted by Gasteiger charge is 2.13. The van der Waals surface area contributed by atoms with Crippen LogP contribution in [0.2, 0.25) is 0 Å². The van der Waals surface area contributed by atoms with Gasteiger partial charge in [-0.25, -0.2) is 0 Å². The molecule has 0 bridgehead atoms. The Labute approximate surface area is 86.2 Å². The number of rotatable bonds is 4. The number of hydrogen-bond acceptors (Lipinski definition) is 3. The van der Waals surface area contributed by atoms with Crippen LogP contribution in [0.1, 0.15) is 20.3 Å². The maximum Gasteiger partial charge on any atom is 0.00740 e. The minimum atomic E-state index is 0.384. The predicted molar refractivity (Wildman–Crippen MR) is 61.2 cm³/mol. The third-order valence-electron chi connectivity index (χ3n) is 2.74. The zero-order valence-electron chi connectivity index (χ0n) is 8.83. The van der Waals surface area contributed by atoms with Crippen molar-refractivity contribution in [1.82, 2.24) is 4.90 Å². The van der Waals surface area contributed by atoms with E-state index in [9.17, 15) is 0 Å². The summed E-state index contributed by atoms with van der Waals surface area (Å²) in [5.74, 6) is 3.23. The van der Waals surface area contributed by atoms with Gasteiger partial charge in [-0.2, -0.15) is 11.8 Å². The van der Waals surface area contributed by atoms with Gasteiger partial charge in [0.2, 0.25) is 0 Å². The highest BCUT2D eigenvalue weighted by atomic mass is 32.2. The molecule has 13 heavy (non-hydrogen) atoms. The normalized spacial score (nSPS) is 22.2. The highest BCUT2D eigenvalue weighted by Crippen LogP contribution is 2.11. The lowest BCUT2D eigenvalue weighted by molar-refractivity contribution is 0.277. The van der Waals surface area contributed by atoms with Gasteiger partial charge in [0.1, 0.15) is 0 Å². The van der Waals surface area contributed by atoms with E-state index in [1.807, 2.05) is 0 Å². The minimum absolute atomic E-state index is 0.384. The van der Waals surface area contributed by atoms with E-state index in [2.05, 4.69) is 30.5 Å². The molecule has 78 valence electrons. The van der Waals surface area contributed by atoms with Crippen LogP contribution < -0.4 is 5.73 Å². The standard InChI is InChI=1S/C10H22N2S/c1-9(2)10(11)3-4-12-5-7-13-8-6-12/h9-10H,3-8,11H2,1-2H3/t10-/m1/s1. The van der Waals surface area contributed by atoms with Gasteiger partial charge in [-0.1, -0.05) is 13.8 Å². The fourth-order valence-electron chi connectivity index (χ4n) is 1.49. The van der Waals surface area contributed by atoms with Gasteiger partial charge in [0.25, 0.3) is 0 Å². The summed E-state index contributed by atoms with van der Waals surface area (Å²) in [5.41, 5.74) is 6.00. The first-order valence-electron chi connectivity index (χ1n) is 5.26. The summed E-state index contributed by atoms with van der Waals surface area (Å²) in [4.78, 5) is 2.54. The van der Waals surface area contributed by atoms with Crippen LogP contribution in [0.5, 0.6) is 0 Å². The molecule has 0 aliphatic carbocycles. The van der Waals surface area contributed by atoms with Gasteiger partial charge < -0.3 is 10.6 Å². The van der Waals surface area contributed by atoms with Crippen molar-refractivity contribution in [3.63, 3.8) is 0 Å². The monoisotopic (exact) mass is 202 g/mol. The second-order valence-corrected chi connectivity index (χ2v) is 5.38. The van der Waals surface area contributed by atoms with Crippen molar-refractivity contribution in [1.29, 1.82) is 0 Å². The first kappa shape index (κ1) is 11.3. The maximum absolute atomic E-state index is 6.00. The van der Waals surface area contributed by atoms with Gasteiger partial charge in [0, 0.05) is 30.6 Å². The van der Waals surface area contributed by atoms with Gasteiger partial charge >= 0.3 is 0 Å². The van der Waals surface area contributed by atoms with E-state index < -0.39 is 0 Å². The van der Waals surface area contributed by atoms with Crippen molar-refractivity contribution in [2.45, 2.75) is 26.3 Å². The molecule has 1 rings (SSSR count). The molecule has 1 aliphatic rings. The molecule has 0 aromatic carbocycles. The fourth-order valence-corrected chi connectivity index (χ4v) is 2.47. The van der Waals surface area contributed by atoms with E-state index in [0.717, 1.165) is 6.42 Å². The molecule has 1 heterocycles. The molecule has 2 N–H and O–H groups in total. The van der Waals surface area contributed by atoms with Gasteiger partial charge in [-0.15, -0.1) is 0 Å². The van der Waals surface area contributed by atoms with Crippen LogP contribution in [-0.2, 0) is 0 Å². The molecule has 1 aliphatic heterocycles. The molecule has 1 fully saturated rings. The van der Waals surface area contributed by atoms with Crippen LogP contribution in [0, 0.1) is 5.92 Å². The summed E-state index contributed by atoms with van der Waals surface area (Å²) in [5, 5.41) is 0. The third-order valence-corrected chi connectivity index (χ3v) is 3.68. The predicted octanol–water partition coefficient (Wildman–Crippen LogP) is 1.41. The molecule has 1 saturated heterocycles. The quantitative estimate of drug-likeness (QED) is 0.747. The lowest BCUT2D eigenvalue weighted by Crippen LogP contribution is -2.37. The van der Waals surface area contributed by atoms with Crippen LogP contribution in [0.15, 0.2) is 0 Å². The van der Waals surface area contributed by atoms with Crippen molar-refractivity contribution in [3.05, 3.63) is 0 Å². The van der Waals surface area contributed by atoms with Crippen molar-refractivity contribution < 1.29 is 0 Å². The molecule has 1 atom stereocenters. The molecule has 0 radical (unpaired) electrons.